The summed E-state index contributed by atoms with van der Waals surface area (Å²) in [6.07, 6.45) is 0. The third-order valence-corrected chi connectivity index (χ3v) is 6.18. The predicted molar refractivity (Wildman–Crippen MR) is 134 cm³/mol. The van der Waals surface area contributed by atoms with E-state index in [0.29, 0.717) is 43.8 Å². The third kappa shape index (κ3) is 4.91. The molecule has 0 saturated carbocycles. The van der Waals surface area contributed by atoms with Crippen LogP contribution in [0.15, 0.2) is 70.6 Å². The highest BCUT2D eigenvalue weighted by Crippen LogP contribution is 2.29. The lowest BCUT2D eigenvalue weighted by atomic mass is 10.2. The van der Waals surface area contributed by atoms with Gasteiger partial charge in [-0.2, -0.15) is 5.26 Å². The van der Waals surface area contributed by atoms with Crippen LogP contribution in [0.1, 0.15) is 11.1 Å². The summed E-state index contributed by atoms with van der Waals surface area (Å²) in [6, 6.07) is 19.0. The SMILES string of the molecule is COc1ccc(C)cc1-n1c(SCC(=O)Nc2ccc(C#N)cc2)nc2cc(Cl)ccc2c1=O. The van der Waals surface area contributed by atoms with Gasteiger partial charge >= 0.3 is 0 Å². The lowest BCUT2D eigenvalue weighted by Gasteiger charge is -2.16. The molecule has 0 aliphatic rings. The normalized spacial score (nSPS) is 10.6. The summed E-state index contributed by atoms with van der Waals surface area (Å²) in [7, 11) is 1.53. The highest BCUT2D eigenvalue weighted by molar-refractivity contribution is 7.99. The van der Waals surface area contributed by atoms with Crippen molar-refractivity contribution in [2.75, 3.05) is 18.2 Å². The molecule has 0 aliphatic heterocycles. The maximum atomic E-state index is 13.5. The number of hydrogen-bond acceptors (Lipinski definition) is 6. The number of hydrogen-bond donors (Lipinski definition) is 1. The van der Waals surface area contributed by atoms with E-state index in [4.69, 9.17) is 21.6 Å². The number of nitriles is 1. The Bertz CT molecular complexity index is 1490. The number of nitrogens with one attached hydrogen (secondary N) is 1. The van der Waals surface area contributed by atoms with Crippen LogP contribution in [0.5, 0.6) is 5.75 Å². The second kappa shape index (κ2) is 10.00. The number of anilines is 1. The van der Waals surface area contributed by atoms with Crippen LogP contribution >= 0.6 is 23.4 Å². The minimum Gasteiger partial charge on any atom is -0.495 e. The van der Waals surface area contributed by atoms with Crippen molar-refractivity contribution in [3.63, 3.8) is 0 Å². The van der Waals surface area contributed by atoms with Gasteiger partial charge in [0.2, 0.25) is 5.91 Å². The van der Waals surface area contributed by atoms with E-state index in [1.165, 1.54) is 11.7 Å². The van der Waals surface area contributed by atoms with Crippen LogP contribution in [0.2, 0.25) is 5.02 Å². The van der Waals surface area contributed by atoms with E-state index < -0.39 is 0 Å². The Morgan fingerprint density at radius 2 is 1.94 bits per heavy atom. The fourth-order valence-corrected chi connectivity index (χ4v) is 4.35. The quantitative estimate of drug-likeness (QED) is 0.303. The molecular weight excluding hydrogens is 472 g/mol. The molecule has 0 spiro atoms. The number of ether oxygens (including phenoxy) is 1. The van der Waals surface area contributed by atoms with E-state index in [9.17, 15) is 9.59 Å². The first-order valence-electron chi connectivity index (χ1n) is 10.2. The number of benzene rings is 3. The van der Waals surface area contributed by atoms with Gasteiger partial charge in [0.15, 0.2) is 5.16 Å². The first kappa shape index (κ1) is 23.4. The Hall–Kier alpha value is -3.80. The topological polar surface area (TPSA) is 97.0 Å². The maximum absolute atomic E-state index is 13.5. The van der Waals surface area contributed by atoms with Crippen LogP contribution in [0.3, 0.4) is 0 Å². The molecule has 0 radical (unpaired) electrons. The molecule has 0 aliphatic carbocycles. The number of carbonyl (C=O) groups excluding carboxylic acids is 1. The molecule has 7 nitrogen and oxygen atoms in total. The van der Waals surface area contributed by atoms with Gasteiger partial charge < -0.3 is 10.1 Å². The van der Waals surface area contributed by atoms with E-state index >= 15 is 0 Å². The molecule has 3 aromatic carbocycles. The smallest absolute Gasteiger partial charge is 0.266 e. The number of methoxy groups -OCH3 is 1. The van der Waals surface area contributed by atoms with Crippen molar-refractivity contribution in [2.45, 2.75) is 12.1 Å². The van der Waals surface area contributed by atoms with Gasteiger partial charge in [0, 0.05) is 10.7 Å². The zero-order chi connectivity index (χ0) is 24.2. The molecule has 4 rings (SSSR count). The molecule has 4 aromatic rings. The first-order chi connectivity index (χ1) is 16.4. The summed E-state index contributed by atoms with van der Waals surface area (Å²) in [6.45, 7) is 1.92. The Balaban J connectivity index is 1.73. The summed E-state index contributed by atoms with van der Waals surface area (Å²) in [5.41, 5.74) is 2.69. The van der Waals surface area contributed by atoms with Crippen molar-refractivity contribution < 1.29 is 9.53 Å². The number of amides is 1. The van der Waals surface area contributed by atoms with Crippen LogP contribution < -0.4 is 15.6 Å². The highest BCUT2D eigenvalue weighted by atomic mass is 35.5. The van der Waals surface area contributed by atoms with Crippen molar-refractivity contribution in [2.24, 2.45) is 0 Å². The summed E-state index contributed by atoms with van der Waals surface area (Å²) in [5, 5.41) is 12.9. The van der Waals surface area contributed by atoms with Crippen molar-refractivity contribution in [1.29, 1.82) is 5.26 Å². The fraction of sp³-hybridized carbons (Fsp3) is 0.120. The van der Waals surface area contributed by atoms with Gasteiger partial charge in [-0.3, -0.25) is 14.2 Å². The van der Waals surface area contributed by atoms with E-state index in [0.717, 1.165) is 17.3 Å². The monoisotopic (exact) mass is 490 g/mol. The molecule has 0 fully saturated rings. The van der Waals surface area contributed by atoms with Crippen LogP contribution in [0.4, 0.5) is 5.69 Å². The first-order valence-corrected chi connectivity index (χ1v) is 11.6. The second-order valence-electron chi connectivity index (χ2n) is 7.40. The van der Waals surface area contributed by atoms with E-state index in [2.05, 4.69) is 10.3 Å². The number of aryl methyl sites for hydroxylation is 1. The molecule has 1 amide bonds. The van der Waals surface area contributed by atoms with E-state index in [1.54, 1.807) is 48.5 Å². The lowest BCUT2D eigenvalue weighted by molar-refractivity contribution is -0.113. The van der Waals surface area contributed by atoms with E-state index in [1.807, 2.05) is 25.1 Å². The van der Waals surface area contributed by atoms with Crippen molar-refractivity contribution >= 4 is 45.9 Å². The van der Waals surface area contributed by atoms with Crippen LogP contribution in [-0.4, -0.2) is 28.3 Å². The summed E-state index contributed by atoms with van der Waals surface area (Å²) in [4.78, 5) is 30.8. The van der Waals surface area contributed by atoms with Gasteiger partial charge in [-0.1, -0.05) is 29.4 Å². The number of aromatic nitrogens is 2. The van der Waals surface area contributed by atoms with Gasteiger partial charge in [0.25, 0.3) is 5.56 Å². The van der Waals surface area contributed by atoms with Crippen LogP contribution in [-0.2, 0) is 4.79 Å². The molecular formula is C25H19ClN4O3S. The van der Waals surface area contributed by atoms with E-state index in [-0.39, 0.29) is 17.2 Å². The number of carbonyl (C=O) groups is 1. The summed E-state index contributed by atoms with van der Waals surface area (Å²) in [5.74, 6) is 0.233. The molecule has 9 heteroatoms. The highest BCUT2D eigenvalue weighted by Gasteiger charge is 2.18. The molecule has 0 unspecified atom stereocenters. The van der Waals surface area contributed by atoms with Crippen LogP contribution in [0, 0.1) is 18.3 Å². The Kier molecular flexibility index (Phi) is 6.87. The largest absolute Gasteiger partial charge is 0.495 e. The Labute approximate surface area is 205 Å². The van der Waals surface area contributed by atoms with Crippen LogP contribution in [0.25, 0.3) is 16.6 Å². The Morgan fingerprint density at radius 3 is 2.65 bits per heavy atom. The average Bonchev–Trinajstić information content (AvgIpc) is 2.83. The third-order valence-electron chi connectivity index (χ3n) is 5.01. The maximum Gasteiger partial charge on any atom is 0.266 e. The zero-order valence-electron chi connectivity index (χ0n) is 18.3. The minimum atomic E-state index is -0.291. The fourth-order valence-electron chi connectivity index (χ4n) is 3.38. The van der Waals surface area contributed by atoms with Gasteiger partial charge in [0.1, 0.15) is 5.75 Å². The van der Waals surface area contributed by atoms with Gasteiger partial charge in [0.05, 0.1) is 41.1 Å². The van der Waals surface area contributed by atoms with Crippen molar-refractivity contribution in [1.82, 2.24) is 9.55 Å². The molecule has 34 heavy (non-hydrogen) atoms. The molecule has 1 aromatic heterocycles. The minimum absolute atomic E-state index is 0.00659. The number of thioether (sulfide) groups is 1. The molecule has 0 atom stereocenters. The molecule has 170 valence electrons. The second-order valence-corrected chi connectivity index (χ2v) is 8.78. The summed E-state index contributed by atoms with van der Waals surface area (Å²) < 4.78 is 6.96. The molecule has 1 N–H and O–H groups in total. The van der Waals surface area contributed by atoms with Gasteiger partial charge in [-0.05, 0) is 67.1 Å². The predicted octanol–water partition coefficient (Wildman–Crippen LogP) is 4.96. The summed E-state index contributed by atoms with van der Waals surface area (Å²) >= 11 is 7.25. The lowest BCUT2D eigenvalue weighted by Crippen LogP contribution is -2.23. The molecule has 1 heterocycles. The van der Waals surface area contributed by atoms with Crippen molar-refractivity contribution in [3.8, 4) is 17.5 Å². The standard InChI is InChI=1S/C25H19ClN4O3S/c1-15-3-10-22(33-2)21(11-15)30-24(32)19-9-6-17(26)12-20(19)29-25(30)34-14-23(31)28-18-7-4-16(13-27)5-8-18/h3-12H,14H2,1-2H3,(H,28,31). The number of fused-ring (bicyclic) bond motifs is 1. The number of nitrogens with zero attached hydrogens (tertiary/aromatic N) is 3. The van der Waals surface area contributed by atoms with Gasteiger partial charge in [-0.25, -0.2) is 4.98 Å². The zero-order valence-corrected chi connectivity index (χ0v) is 19.9. The average molecular weight is 491 g/mol. The van der Waals surface area contributed by atoms with Crippen molar-refractivity contribution in [3.05, 3.63) is 87.2 Å². The Morgan fingerprint density at radius 1 is 1.18 bits per heavy atom. The molecule has 0 bridgehead atoms. The number of halogens is 1. The molecule has 0 saturated heterocycles. The van der Waals surface area contributed by atoms with Gasteiger partial charge in [-0.15, -0.1) is 0 Å². The number of rotatable bonds is 6.